The number of hydrogen-bond acceptors (Lipinski definition) is 4. The van der Waals surface area contributed by atoms with Crippen LogP contribution in [0.2, 0.25) is 0 Å². The minimum atomic E-state index is -0.441. The number of ether oxygens (including phenoxy) is 2. The number of Topliss-reactive ketones (excluding diaryl/α,β-unsaturated/α-hetero) is 1. The Morgan fingerprint density at radius 3 is 2.95 bits per heavy atom. The van der Waals surface area contributed by atoms with Gasteiger partial charge in [0.15, 0.2) is 11.6 Å². The molecule has 0 bridgehead atoms. The molecular weight excluding hydrogens is 261 g/mol. The maximum atomic E-state index is 13.6. The predicted octanol–water partition coefficient (Wildman–Crippen LogP) is 1.57. The summed E-state index contributed by atoms with van der Waals surface area (Å²) in [7, 11) is 1.42. The van der Waals surface area contributed by atoms with Gasteiger partial charge in [0.2, 0.25) is 0 Å². The minimum absolute atomic E-state index is 0.0654. The third-order valence-electron chi connectivity index (χ3n) is 3.55. The van der Waals surface area contributed by atoms with Gasteiger partial charge in [0.1, 0.15) is 5.78 Å². The van der Waals surface area contributed by atoms with Gasteiger partial charge in [0.05, 0.1) is 26.2 Å². The van der Waals surface area contributed by atoms with Crippen molar-refractivity contribution < 1.29 is 18.7 Å². The first-order valence-electron chi connectivity index (χ1n) is 6.82. The summed E-state index contributed by atoms with van der Waals surface area (Å²) in [6.07, 6.45) is 0.219. The Morgan fingerprint density at radius 1 is 1.50 bits per heavy atom. The van der Waals surface area contributed by atoms with Gasteiger partial charge in [0.25, 0.3) is 0 Å². The van der Waals surface area contributed by atoms with Crippen LogP contribution in [0.15, 0.2) is 18.2 Å². The Morgan fingerprint density at radius 2 is 2.30 bits per heavy atom. The van der Waals surface area contributed by atoms with Crippen LogP contribution in [0, 0.1) is 11.7 Å². The van der Waals surface area contributed by atoms with Gasteiger partial charge in [-0.15, -0.1) is 0 Å². The van der Waals surface area contributed by atoms with Crippen molar-refractivity contribution in [2.75, 3.05) is 26.9 Å². The molecule has 2 atom stereocenters. The molecule has 0 aliphatic carbocycles. The highest BCUT2D eigenvalue weighted by Crippen LogP contribution is 2.21. The van der Waals surface area contributed by atoms with Gasteiger partial charge < -0.3 is 14.8 Å². The smallest absolute Gasteiger partial charge is 0.165 e. The third kappa shape index (κ3) is 3.35. The molecule has 20 heavy (non-hydrogen) atoms. The number of carbonyl (C=O) groups is 1. The van der Waals surface area contributed by atoms with E-state index >= 15 is 0 Å². The van der Waals surface area contributed by atoms with Gasteiger partial charge in [-0.2, -0.15) is 0 Å². The molecule has 0 aromatic heterocycles. The SMILES string of the molecule is CCNC1COCC1C(=O)Cc1ccc(OC)c(F)c1. The Kier molecular flexibility index (Phi) is 5.09. The largest absolute Gasteiger partial charge is 0.494 e. The van der Waals surface area contributed by atoms with E-state index in [-0.39, 0.29) is 29.9 Å². The van der Waals surface area contributed by atoms with Crippen LogP contribution < -0.4 is 10.1 Å². The summed E-state index contributed by atoms with van der Waals surface area (Å²) in [4.78, 5) is 12.3. The van der Waals surface area contributed by atoms with Crippen LogP contribution >= 0.6 is 0 Å². The van der Waals surface area contributed by atoms with E-state index in [0.717, 1.165) is 6.54 Å². The van der Waals surface area contributed by atoms with E-state index in [4.69, 9.17) is 9.47 Å². The molecule has 5 heteroatoms. The van der Waals surface area contributed by atoms with Crippen molar-refractivity contribution in [3.05, 3.63) is 29.6 Å². The van der Waals surface area contributed by atoms with E-state index in [1.807, 2.05) is 6.92 Å². The van der Waals surface area contributed by atoms with Gasteiger partial charge in [0, 0.05) is 12.5 Å². The Bertz CT molecular complexity index is 478. The fraction of sp³-hybridized carbons (Fsp3) is 0.533. The lowest BCUT2D eigenvalue weighted by molar-refractivity contribution is -0.122. The Hall–Kier alpha value is -1.46. The zero-order chi connectivity index (χ0) is 14.5. The van der Waals surface area contributed by atoms with Crippen LogP contribution in [0.25, 0.3) is 0 Å². The molecule has 2 unspecified atom stereocenters. The molecule has 0 radical (unpaired) electrons. The van der Waals surface area contributed by atoms with Crippen molar-refractivity contribution in [2.45, 2.75) is 19.4 Å². The van der Waals surface area contributed by atoms with Gasteiger partial charge in [-0.25, -0.2) is 4.39 Å². The van der Waals surface area contributed by atoms with Gasteiger partial charge in [-0.05, 0) is 24.2 Å². The lowest BCUT2D eigenvalue weighted by atomic mass is 9.93. The summed E-state index contributed by atoms with van der Waals surface area (Å²) < 4.78 is 23.8. The van der Waals surface area contributed by atoms with Crippen molar-refractivity contribution in [3.63, 3.8) is 0 Å². The molecule has 0 spiro atoms. The molecule has 4 nitrogen and oxygen atoms in total. The molecule has 1 heterocycles. The molecule has 1 aliphatic heterocycles. The van der Waals surface area contributed by atoms with Crippen molar-refractivity contribution in [3.8, 4) is 5.75 Å². The molecule has 1 saturated heterocycles. The highest BCUT2D eigenvalue weighted by atomic mass is 19.1. The molecule has 110 valence electrons. The average Bonchev–Trinajstić information content (AvgIpc) is 2.88. The second-order valence-corrected chi connectivity index (χ2v) is 4.92. The van der Waals surface area contributed by atoms with Crippen LogP contribution in [-0.4, -0.2) is 38.7 Å². The van der Waals surface area contributed by atoms with Gasteiger partial charge in [-0.3, -0.25) is 4.79 Å². The lowest BCUT2D eigenvalue weighted by Gasteiger charge is -2.17. The molecule has 0 saturated carbocycles. The summed E-state index contributed by atoms with van der Waals surface area (Å²) in [5, 5.41) is 3.25. The van der Waals surface area contributed by atoms with Crippen LogP contribution in [-0.2, 0) is 16.0 Å². The van der Waals surface area contributed by atoms with Crippen molar-refractivity contribution in [1.82, 2.24) is 5.32 Å². The molecule has 1 aromatic rings. The number of methoxy groups -OCH3 is 1. The summed E-state index contributed by atoms with van der Waals surface area (Å²) in [5.74, 6) is -0.322. The minimum Gasteiger partial charge on any atom is -0.494 e. The van der Waals surface area contributed by atoms with Crippen LogP contribution in [0.3, 0.4) is 0 Å². The second-order valence-electron chi connectivity index (χ2n) is 4.92. The van der Waals surface area contributed by atoms with E-state index in [9.17, 15) is 9.18 Å². The fourth-order valence-electron chi connectivity index (χ4n) is 2.49. The standard InChI is InChI=1S/C15H20FNO3/c1-3-17-13-9-20-8-11(13)14(18)7-10-4-5-15(19-2)12(16)6-10/h4-6,11,13,17H,3,7-9H2,1-2H3. The van der Waals surface area contributed by atoms with Gasteiger partial charge >= 0.3 is 0 Å². The van der Waals surface area contributed by atoms with E-state index in [2.05, 4.69) is 5.32 Å². The number of rotatable bonds is 6. The van der Waals surface area contributed by atoms with Gasteiger partial charge in [-0.1, -0.05) is 13.0 Å². The first-order valence-corrected chi connectivity index (χ1v) is 6.82. The number of ketones is 1. The van der Waals surface area contributed by atoms with Crippen LogP contribution in [0.1, 0.15) is 12.5 Å². The summed E-state index contributed by atoms with van der Waals surface area (Å²) in [6.45, 7) is 3.80. The number of carbonyl (C=O) groups excluding carboxylic acids is 1. The summed E-state index contributed by atoms with van der Waals surface area (Å²) in [5.41, 5.74) is 0.662. The number of likely N-dealkylation sites (N-methyl/N-ethyl adjacent to an activating group) is 1. The lowest BCUT2D eigenvalue weighted by Crippen LogP contribution is -2.39. The average molecular weight is 281 g/mol. The zero-order valence-corrected chi connectivity index (χ0v) is 11.8. The number of benzene rings is 1. The first kappa shape index (κ1) is 14.9. The number of halogens is 1. The second kappa shape index (κ2) is 6.81. The molecule has 0 amide bonds. The molecule has 1 aromatic carbocycles. The first-order chi connectivity index (χ1) is 9.65. The monoisotopic (exact) mass is 281 g/mol. The molecule has 1 N–H and O–H groups in total. The van der Waals surface area contributed by atoms with E-state index < -0.39 is 5.82 Å². The zero-order valence-electron chi connectivity index (χ0n) is 11.8. The van der Waals surface area contributed by atoms with Crippen molar-refractivity contribution in [1.29, 1.82) is 0 Å². The number of hydrogen-bond donors (Lipinski definition) is 1. The molecular formula is C15H20FNO3. The maximum absolute atomic E-state index is 13.6. The topological polar surface area (TPSA) is 47.6 Å². The highest BCUT2D eigenvalue weighted by molar-refractivity contribution is 5.84. The third-order valence-corrected chi connectivity index (χ3v) is 3.55. The normalized spacial score (nSPS) is 21.9. The van der Waals surface area contributed by atoms with Crippen LogP contribution in [0.5, 0.6) is 5.75 Å². The fourth-order valence-corrected chi connectivity index (χ4v) is 2.49. The van der Waals surface area contributed by atoms with E-state index in [1.54, 1.807) is 12.1 Å². The molecule has 2 rings (SSSR count). The van der Waals surface area contributed by atoms with Crippen LogP contribution in [0.4, 0.5) is 4.39 Å². The van der Waals surface area contributed by atoms with E-state index in [1.165, 1.54) is 13.2 Å². The predicted molar refractivity (Wildman–Crippen MR) is 73.4 cm³/mol. The number of nitrogens with one attached hydrogen (secondary N) is 1. The Labute approximate surface area is 118 Å². The molecule has 1 fully saturated rings. The summed E-state index contributed by atoms with van der Waals surface area (Å²) in [6, 6.07) is 4.69. The molecule has 1 aliphatic rings. The highest BCUT2D eigenvalue weighted by Gasteiger charge is 2.33. The van der Waals surface area contributed by atoms with Crippen molar-refractivity contribution in [2.24, 2.45) is 5.92 Å². The quantitative estimate of drug-likeness (QED) is 0.860. The summed E-state index contributed by atoms with van der Waals surface area (Å²) >= 11 is 0. The maximum Gasteiger partial charge on any atom is 0.165 e. The van der Waals surface area contributed by atoms with Crippen molar-refractivity contribution >= 4 is 5.78 Å². The van der Waals surface area contributed by atoms with E-state index in [0.29, 0.717) is 18.8 Å². The Balaban J connectivity index is 2.02.